The van der Waals surface area contributed by atoms with Crippen LogP contribution in [-0.4, -0.2) is 60.2 Å². The molecule has 12 heteroatoms. The number of rotatable bonds is 7. The van der Waals surface area contributed by atoms with E-state index in [2.05, 4.69) is 24.7 Å². The number of ether oxygens (including phenoxy) is 1. The Morgan fingerprint density at radius 1 is 1.13 bits per heavy atom. The molecule has 198 valence electrons. The molecule has 1 fully saturated rings. The molecule has 0 amide bonds. The lowest BCUT2D eigenvalue weighted by molar-refractivity contribution is -0.142. The molecule has 2 N–H and O–H groups in total. The van der Waals surface area contributed by atoms with E-state index in [4.69, 9.17) is 0 Å². The quantitative estimate of drug-likeness (QED) is 0.373. The molecule has 1 atom stereocenters. The molecule has 1 aromatic carbocycles. The minimum absolute atomic E-state index is 0.132. The fourth-order valence-electron chi connectivity index (χ4n) is 4.95. The van der Waals surface area contributed by atoms with E-state index >= 15 is 0 Å². The van der Waals surface area contributed by atoms with Crippen LogP contribution in [0.15, 0.2) is 49.1 Å². The lowest BCUT2D eigenvalue weighted by Gasteiger charge is -2.30. The first-order valence-corrected chi connectivity index (χ1v) is 12.1. The Hall–Kier alpha value is -4.19. The molecule has 1 unspecified atom stereocenters. The van der Waals surface area contributed by atoms with Gasteiger partial charge < -0.3 is 19.8 Å². The van der Waals surface area contributed by atoms with E-state index < -0.39 is 18.2 Å². The van der Waals surface area contributed by atoms with Crippen LogP contribution in [0.3, 0.4) is 0 Å². The van der Waals surface area contributed by atoms with Crippen LogP contribution in [0.1, 0.15) is 36.7 Å². The van der Waals surface area contributed by atoms with Crippen LogP contribution < -0.4 is 9.64 Å². The Kier molecular flexibility index (Phi) is 6.66. The summed E-state index contributed by atoms with van der Waals surface area (Å²) in [4.78, 5) is 31.0. The van der Waals surface area contributed by atoms with Gasteiger partial charge in [0.2, 0.25) is 5.95 Å². The fraction of sp³-hybridized carbons (Fsp3) is 0.346. The number of carboxylic acids is 1. The van der Waals surface area contributed by atoms with Gasteiger partial charge in [0, 0.05) is 42.8 Å². The van der Waals surface area contributed by atoms with Crippen molar-refractivity contribution in [1.29, 1.82) is 0 Å². The van der Waals surface area contributed by atoms with E-state index in [9.17, 15) is 23.8 Å². The number of imidazole rings is 1. The van der Waals surface area contributed by atoms with Crippen molar-refractivity contribution in [3.05, 3.63) is 66.0 Å². The highest BCUT2D eigenvalue weighted by atomic mass is 19.3. The predicted molar refractivity (Wildman–Crippen MR) is 133 cm³/mol. The zero-order valence-corrected chi connectivity index (χ0v) is 20.8. The summed E-state index contributed by atoms with van der Waals surface area (Å²) >= 11 is 0. The topological polar surface area (TPSA) is 126 Å². The van der Waals surface area contributed by atoms with Gasteiger partial charge in [-0.1, -0.05) is 18.2 Å². The molecule has 0 aliphatic carbocycles. The molecule has 0 saturated carbocycles. The standard InChI is InChI=1S/C26H26F2N6O4/c1-15-22(26(2,37)18-5-3-4-6-20(18)38-24(27)28)34-14-19(29-13-21(34)32-15)17-11-30-25(31-12-17)33-9-7-16(8-10-33)23(35)36/h3-6,11-14,16,24,37H,7-10H2,1-2H3,(H,35,36). The average molecular weight is 525 g/mol. The number of piperidine rings is 1. The van der Waals surface area contributed by atoms with Crippen LogP contribution >= 0.6 is 0 Å². The van der Waals surface area contributed by atoms with Crippen LogP contribution in [0, 0.1) is 12.8 Å². The second-order valence-electron chi connectivity index (χ2n) is 9.36. The number of halogens is 2. The van der Waals surface area contributed by atoms with Gasteiger partial charge in [-0.15, -0.1) is 0 Å². The van der Waals surface area contributed by atoms with Crippen molar-refractivity contribution in [3.8, 4) is 17.0 Å². The number of benzene rings is 1. The maximum atomic E-state index is 13.0. The molecule has 4 aromatic rings. The van der Waals surface area contributed by atoms with Crippen LogP contribution in [0.2, 0.25) is 0 Å². The number of aliphatic carboxylic acids is 1. The average Bonchev–Trinajstić information content (AvgIpc) is 3.24. The molecule has 3 aromatic heterocycles. The van der Waals surface area contributed by atoms with Crippen molar-refractivity contribution < 1.29 is 28.5 Å². The van der Waals surface area contributed by atoms with E-state index in [0.717, 1.165) is 0 Å². The predicted octanol–water partition coefficient (Wildman–Crippen LogP) is 3.65. The Labute approximate surface area is 216 Å². The molecule has 10 nitrogen and oxygen atoms in total. The van der Waals surface area contributed by atoms with Gasteiger partial charge >= 0.3 is 12.6 Å². The first kappa shape index (κ1) is 25.5. The molecular formula is C26H26F2N6O4. The van der Waals surface area contributed by atoms with E-state index in [1.165, 1.54) is 19.1 Å². The lowest BCUT2D eigenvalue weighted by atomic mass is 9.90. The van der Waals surface area contributed by atoms with Gasteiger partial charge in [-0.3, -0.25) is 14.2 Å². The molecule has 4 heterocycles. The smallest absolute Gasteiger partial charge is 0.387 e. The normalized spacial score (nSPS) is 16.1. The Morgan fingerprint density at radius 2 is 1.82 bits per heavy atom. The van der Waals surface area contributed by atoms with E-state index in [-0.39, 0.29) is 17.2 Å². The number of fused-ring (bicyclic) bond motifs is 1. The highest BCUT2D eigenvalue weighted by molar-refractivity contribution is 5.70. The van der Waals surface area contributed by atoms with Crippen molar-refractivity contribution in [1.82, 2.24) is 24.3 Å². The van der Waals surface area contributed by atoms with E-state index in [1.807, 2.05) is 4.90 Å². The highest BCUT2D eigenvalue weighted by Crippen LogP contribution is 2.38. The number of para-hydroxylation sites is 1. The van der Waals surface area contributed by atoms with E-state index in [0.29, 0.717) is 60.2 Å². The minimum atomic E-state index is -3.04. The number of aromatic nitrogens is 5. The van der Waals surface area contributed by atoms with E-state index in [1.54, 1.807) is 48.2 Å². The molecule has 1 saturated heterocycles. The molecule has 1 aliphatic heterocycles. The van der Waals surface area contributed by atoms with Gasteiger partial charge in [0.15, 0.2) is 5.65 Å². The monoisotopic (exact) mass is 524 g/mol. The molecular weight excluding hydrogens is 498 g/mol. The first-order chi connectivity index (χ1) is 18.1. The highest BCUT2D eigenvalue weighted by Gasteiger charge is 2.35. The van der Waals surface area contributed by atoms with Crippen molar-refractivity contribution in [3.63, 3.8) is 0 Å². The summed E-state index contributed by atoms with van der Waals surface area (Å²) in [5.41, 5.74) is 0.915. The summed E-state index contributed by atoms with van der Waals surface area (Å²) in [5, 5.41) is 20.8. The third kappa shape index (κ3) is 4.74. The second kappa shape index (κ2) is 9.93. The summed E-state index contributed by atoms with van der Waals surface area (Å²) in [7, 11) is 0. The number of anilines is 1. The summed E-state index contributed by atoms with van der Waals surface area (Å²) in [6, 6.07) is 6.10. The van der Waals surface area contributed by atoms with Crippen molar-refractivity contribution in [2.45, 2.75) is 38.9 Å². The summed E-state index contributed by atoms with van der Waals surface area (Å²) in [6.07, 6.45) is 7.57. The van der Waals surface area contributed by atoms with Crippen molar-refractivity contribution >= 4 is 17.6 Å². The van der Waals surface area contributed by atoms with Crippen LogP contribution in [0.4, 0.5) is 14.7 Å². The maximum absolute atomic E-state index is 13.0. The SMILES string of the molecule is Cc1nc2cnc(-c3cnc(N4CCC(C(=O)O)CC4)nc3)cn2c1C(C)(O)c1ccccc1OC(F)F. The zero-order chi connectivity index (χ0) is 27.0. The number of aryl methyl sites for hydroxylation is 1. The Balaban J connectivity index is 1.47. The third-order valence-corrected chi connectivity index (χ3v) is 6.83. The van der Waals surface area contributed by atoms with Crippen LogP contribution in [0.25, 0.3) is 16.9 Å². The number of aliphatic hydroxyl groups is 1. The number of nitrogens with zero attached hydrogens (tertiary/aromatic N) is 6. The largest absolute Gasteiger partial charge is 0.481 e. The fourth-order valence-corrected chi connectivity index (χ4v) is 4.95. The third-order valence-electron chi connectivity index (χ3n) is 6.83. The molecule has 0 radical (unpaired) electrons. The summed E-state index contributed by atoms with van der Waals surface area (Å²) in [6.45, 7) is 1.30. The van der Waals surface area contributed by atoms with Gasteiger partial charge in [-0.2, -0.15) is 8.78 Å². The van der Waals surface area contributed by atoms with Crippen molar-refractivity contribution in [2.24, 2.45) is 5.92 Å². The second-order valence-corrected chi connectivity index (χ2v) is 9.36. The molecule has 38 heavy (non-hydrogen) atoms. The van der Waals surface area contributed by atoms with Crippen LogP contribution in [-0.2, 0) is 10.4 Å². The lowest BCUT2D eigenvalue weighted by Crippen LogP contribution is -2.37. The van der Waals surface area contributed by atoms with Crippen molar-refractivity contribution in [2.75, 3.05) is 18.0 Å². The van der Waals surface area contributed by atoms with Gasteiger partial charge in [0.1, 0.15) is 11.4 Å². The van der Waals surface area contributed by atoms with Gasteiger partial charge in [-0.25, -0.2) is 15.0 Å². The maximum Gasteiger partial charge on any atom is 0.387 e. The Bertz CT molecular complexity index is 1470. The number of alkyl halides is 2. The Morgan fingerprint density at radius 3 is 2.47 bits per heavy atom. The number of carboxylic acid groups (broad SMARTS) is 1. The summed E-state index contributed by atoms with van der Waals surface area (Å²) < 4.78 is 32.4. The van der Waals surface area contributed by atoms with Crippen LogP contribution in [0.5, 0.6) is 5.75 Å². The van der Waals surface area contributed by atoms with Gasteiger partial charge in [-0.05, 0) is 32.8 Å². The molecule has 1 aliphatic rings. The zero-order valence-electron chi connectivity index (χ0n) is 20.8. The van der Waals surface area contributed by atoms with Gasteiger partial charge in [0.05, 0.1) is 29.2 Å². The minimum Gasteiger partial charge on any atom is -0.481 e. The summed E-state index contributed by atoms with van der Waals surface area (Å²) in [5.74, 6) is -0.746. The number of carbonyl (C=O) groups is 1. The molecule has 0 spiro atoms. The molecule has 0 bridgehead atoms. The first-order valence-electron chi connectivity index (χ1n) is 12.1. The number of hydrogen-bond donors (Lipinski definition) is 2. The number of hydrogen-bond acceptors (Lipinski definition) is 8. The van der Waals surface area contributed by atoms with Gasteiger partial charge in [0.25, 0.3) is 0 Å². The molecule has 5 rings (SSSR count).